The third-order valence-electron chi connectivity index (χ3n) is 7.32. The Bertz CT molecular complexity index is 857. The second-order valence-corrected chi connectivity index (χ2v) is 11.5. The van der Waals surface area contributed by atoms with Gasteiger partial charge in [-0.05, 0) is 62.7 Å². The number of piperidine rings is 1. The van der Waals surface area contributed by atoms with Gasteiger partial charge >= 0.3 is 0 Å². The van der Waals surface area contributed by atoms with E-state index >= 15 is 0 Å². The minimum Gasteiger partial charge on any atom is -0.300 e. The molecule has 1 aromatic rings. The molecule has 0 amide bonds. The molecule has 0 N–H and O–H groups in total. The Labute approximate surface area is 176 Å². The van der Waals surface area contributed by atoms with Crippen LogP contribution in [-0.2, 0) is 22.2 Å². The summed E-state index contributed by atoms with van der Waals surface area (Å²) in [5, 5.41) is 0. The lowest BCUT2D eigenvalue weighted by atomic mass is 9.69. The Morgan fingerprint density at radius 2 is 1.86 bits per heavy atom. The maximum absolute atomic E-state index is 12.9. The van der Waals surface area contributed by atoms with E-state index in [1.54, 1.807) is 18.4 Å². The average molecular weight is 418 g/mol. The molecule has 1 aliphatic carbocycles. The SMILES string of the molecule is C=C1CCCCC(N2CCC3(CC2)CN(S(=O)(=O)N(C)C)Cc2ccccc23)C1. The Kier molecular flexibility index (Phi) is 5.90. The van der Waals surface area contributed by atoms with E-state index in [1.807, 2.05) is 6.07 Å². The zero-order valence-corrected chi connectivity index (χ0v) is 18.8. The lowest BCUT2D eigenvalue weighted by molar-refractivity contribution is 0.0906. The first-order valence-corrected chi connectivity index (χ1v) is 12.4. The molecule has 2 aliphatic heterocycles. The zero-order valence-electron chi connectivity index (χ0n) is 17.9. The van der Waals surface area contributed by atoms with Crippen LogP contribution in [0.1, 0.15) is 56.1 Å². The minimum absolute atomic E-state index is 0.0733. The number of likely N-dealkylation sites (tertiary alicyclic amines) is 1. The molecule has 1 saturated carbocycles. The topological polar surface area (TPSA) is 43.9 Å². The van der Waals surface area contributed by atoms with Gasteiger partial charge in [0.2, 0.25) is 0 Å². The second kappa shape index (κ2) is 8.14. The van der Waals surface area contributed by atoms with Gasteiger partial charge in [-0.3, -0.25) is 0 Å². The van der Waals surface area contributed by atoms with Crippen molar-refractivity contribution in [2.75, 3.05) is 33.7 Å². The quantitative estimate of drug-likeness (QED) is 0.558. The largest absolute Gasteiger partial charge is 0.300 e. The molecule has 1 unspecified atom stereocenters. The van der Waals surface area contributed by atoms with E-state index in [0.717, 1.165) is 32.4 Å². The molecule has 2 heterocycles. The lowest BCUT2D eigenvalue weighted by Crippen LogP contribution is -2.56. The summed E-state index contributed by atoms with van der Waals surface area (Å²) >= 11 is 0. The zero-order chi connectivity index (χ0) is 20.6. The van der Waals surface area contributed by atoms with Crippen molar-refractivity contribution in [1.82, 2.24) is 13.5 Å². The van der Waals surface area contributed by atoms with Crippen molar-refractivity contribution in [2.45, 2.75) is 62.9 Å². The monoisotopic (exact) mass is 417 g/mol. The molecule has 5 nitrogen and oxygen atoms in total. The molecule has 160 valence electrons. The van der Waals surface area contributed by atoms with Crippen LogP contribution in [0, 0.1) is 0 Å². The maximum atomic E-state index is 12.9. The smallest absolute Gasteiger partial charge is 0.281 e. The van der Waals surface area contributed by atoms with E-state index in [-0.39, 0.29) is 5.41 Å². The van der Waals surface area contributed by atoms with E-state index < -0.39 is 10.2 Å². The fourth-order valence-electron chi connectivity index (χ4n) is 5.59. The summed E-state index contributed by atoms with van der Waals surface area (Å²) in [6.07, 6.45) is 8.19. The third kappa shape index (κ3) is 4.05. The van der Waals surface area contributed by atoms with Crippen LogP contribution < -0.4 is 0 Å². The van der Waals surface area contributed by atoms with Crippen molar-refractivity contribution < 1.29 is 8.42 Å². The van der Waals surface area contributed by atoms with Gasteiger partial charge in [-0.1, -0.05) is 42.8 Å². The summed E-state index contributed by atoms with van der Waals surface area (Å²) in [4.78, 5) is 2.66. The molecule has 1 atom stereocenters. The van der Waals surface area contributed by atoms with E-state index in [1.165, 1.54) is 46.7 Å². The van der Waals surface area contributed by atoms with E-state index in [0.29, 0.717) is 19.1 Å². The molecule has 0 aromatic heterocycles. The summed E-state index contributed by atoms with van der Waals surface area (Å²) in [6.45, 7) is 7.44. The van der Waals surface area contributed by atoms with Crippen LogP contribution in [0.3, 0.4) is 0 Å². The number of rotatable bonds is 3. The summed E-state index contributed by atoms with van der Waals surface area (Å²) in [7, 11) is -0.165. The van der Waals surface area contributed by atoms with Crippen LogP contribution in [0.15, 0.2) is 36.4 Å². The number of hydrogen-bond acceptors (Lipinski definition) is 3. The number of nitrogens with zero attached hydrogens (tertiary/aromatic N) is 3. The van der Waals surface area contributed by atoms with Gasteiger partial charge in [0.05, 0.1) is 0 Å². The van der Waals surface area contributed by atoms with E-state index in [9.17, 15) is 8.42 Å². The molecule has 0 bridgehead atoms. The highest BCUT2D eigenvalue weighted by molar-refractivity contribution is 7.86. The van der Waals surface area contributed by atoms with Gasteiger partial charge in [0.25, 0.3) is 10.2 Å². The molecule has 2 fully saturated rings. The van der Waals surface area contributed by atoms with Crippen molar-refractivity contribution in [1.29, 1.82) is 0 Å². The number of benzene rings is 1. The standard InChI is InChI=1S/C23H35N3O2S/c1-19-8-4-6-10-21(16-19)25-14-12-23(13-15-25)18-26(29(27,28)24(2)3)17-20-9-5-7-11-22(20)23/h5,7,9,11,21H,1,4,6,8,10,12-18H2,2-3H3. The Balaban J connectivity index is 1.57. The van der Waals surface area contributed by atoms with Gasteiger partial charge in [0.1, 0.15) is 0 Å². The van der Waals surface area contributed by atoms with Gasteiger partial charge in [-0.2, -0.15) is 17.0 Å². The average Bonchev–Trinajstić information content (AvgIpc) is 2.93. The first-order valence-electron chi connectivity index (χ1n) is 11.0. The fraction of sp³-hybridized carbons (Fsp3) is 0.652. The van der Waals surface area contributed by atoms with Gasteiger partial charge in [0.15, 0.2) is 0 Å². The van der Waals surface area contributed by atoms with E-state index in [2.05, 4.69) is 29.7 Å². The first-order chi connectivity index (χ1) is 13.8. The van der Waals surface area contributed by atoms with Crippen molar-refractivity contribution in [2.24, 2.45) is 0 Å². The molecule has 6 heteroatoms. The summed E-state index contributed by atoms with van der Waals surface area (Å²) < 4.78 is 28.9. The molecule has 1 spiro atoms. The van der Waals surface area contributed by atoms with Crippen LogP contribution in [0.5, 0.6) is 0 Å². The van der Waals surface area contributed by atoms with Gasteiger partial charge < -0.3 is 4.90 Å². The number of fused-ring (bicyclic) bond motifs is 2. The minimum atomic E-state index is -3.42. The molecular formula is C23H35N3O2S. The van der Waals surface area contributed by atoms with Crippen molar-refractivity contribution in [3.8, 4) is 0 Å². The molecule has 4 rings (SSSR count). The lowest BCUT2D eigenvalue weighted by Gasteiger charge is -2.49. The maximum Gasteiger partial charge on any atom is 0.281 e. The summed E-state index contributed by atoms with van der Waals surface area (Å²) in [5.41, 5.74) is 3.87. The Morgan fingerprint density at radius 1 is 1.14 bits per heavy atom. The van der Waals surface area contributed by atoms with Gasteiger partial charge in [0, 0.05) is 38.6 Å². The van der Waals surface area contributed by atoms with Crippen molar-refractivity contribution in [3.63, 3.8) is 0 Å². The highest BCUT2D eigenvalue weighted by Crippen LogP contribution is 2.43. The van der Waals surface area contributed by atoms with Crippen LogP contribution >= 0.6 is 0 Å². The van der Waals surface area contributed by atoms with Crippen LogP contribution in [0.2, 0.25) is 0 Å². The molecule has 3 aliphatic rings. The fourth-order valence-corrected chi connectivity index (χ4v) is 6.76. The van der Waals surface area contributed by atoms with Gasteiger partial charge in [-0.15, -0.1) is 0 Å². The van der Waals surface area contributed by atoms with Crippen LogP contribution in [0.25, 0.3) is 0 Å². The predicted molar refractivity (Wildman–Crippen MR) is 118 cm³/mol. The molecule has 29 heavy (non-hydrogen) atoms. The van der Waals surface area contributed by atoms with Crippen molar-refractivity contribution >= 4 is 10.2 Å². The highest BCUT2D eigenvalue weighted by Gasteiger charge is 2.45. The predicted octanol–water partition coefficient (Wildman–Crippen LogP) is 3.53. The van der Waals surface area contributed by atoms with Gasteiger partial charge in [-0.25, -0.2) is 0 Å². The Hall–Kier alpha value is -1.21. The summed E-state index contributed by atoms with van der Waals surface area (Å²) in [6, 6.07) is 9.10. The van der Waals surface area contributed by atoms with E-state index in [4.69, 9.17) is 0 Å². The molecule has 1 aromatic carbocycles. The molecular weight excluding hydrogens is 382 g/mol. The highest BCUT2D eigenvalue weighted by atomic mass is 32.2. The third-order valence-corrected chi connectivity index (χ3v) is 9.15. The number of hydrogen-bond donors (Lipinski definition) is 0. The van der Waals surface area contributed by atoms with Crippen LogP contribution in [0.4, 0.5) is 0 Å². The molecule has 0 radical (unpaired) electrons. The normalized spacial score (nSPS) is 26.4. The van der Waals surface area contributed by atoms with Crippen molar-refractivity contribution in [3.05, 3.63) is 47.5 Å². The first kappa shape index (κ1) is 21.0. The second-order valence-electron chi connectivity index (χ2n) is 9.39. The summed E-state index contributed by atoms with van der Waals surface area (Å²) in [5.74, 6) is 0. The molecule has 1 saturated heterocycles. The van der Waals surface area contributed by atoms with Crippen LogP contribution in [-0.4, -0.2) is 61.7 Å². The Morgan fingerprint density at radius 3 is 2.59 bits per heavy atom.